The topological polar surface area (TPSA) is 62.1 Å². The fourth-order valence-electron chi connectivity index (χ4n) is 2.62. The highest BCUT2D eigenvalue weighted by atomic mass is 16.5. The summed E-state index contributed by atoms with van der Waals surface area (Å²) >= 11 is 0. The second-order valence-electron chi connectivity index (χ2n) is 5.66. The molecule has 1 saturated carbocycles. The maximum absolute atomic E-state index is 12.1. The van der Waals surface area contributed by atoms with E-state index in [1.165, 1.54) is 32.1 Å². The van der Waals surface area contributed by atoms with Gasteiger partial charge in [-0.25, -0.2) is 0 Å². The molecule has 0 radical (unpaired) electrons. The van der Waals surface area contributed by atoms with Gasteiger partial charge in [0.25, 0.3) is 5.91 Å². The van der Waals surface area contributed by atoms with Gasteiger partial charge in [0.1, 0.15) is 6.10 Å². The first-order valence-corrected chi connectivity index (χ1v) is 7.61. The maximum Gasteiger partial charge on any atom is 0.253 e. The first-order valence-electron chi connectivity index (χ1n) is 7.61. The average Bonchev–Trinajstić information content (AvgIpc) is 2.53. The molecule has 0 bridgehead atoms. The third-order valence-electron chi connectivity index (χ3n) is 3.94. The Kier molecular flexibility index (Phi) is 5.77. The van der Waals surface area contributed by atoms with Crippen molar-refractivity contribution in [2.24, 2.45) is 5.92 Å². The Balaban J connectivity index is 1.80. The van der Waals surface area contributed by atoms with Gasteiger partial charge in [-0.1, -0.05) is 25.3 Å². The lowest BCUT2D eigenvalue weighted by Crippen LogP contribution is -2.29. The largest absolute Gasteiger partial charge is 0.368 e. The van der Waals surface area contributed by atoms with Crippen molar-refractivity contribution >= 4 is 11.6 Å². The number of nitrogens with zero attached hydrogens (tertiary/aromatic N) is 1. The van der Waals surface area contributed by atoms with Crippen LogP contribution in [-0.2, 0) is 9.53 Å². The molecule has 1 atom stereocenters. The standard InChI is InChI=1S/C17H22N2O2/c1-13(21-12-14-6-3-2-4-7-14)17(20)19-16-9-5-8-15(10-16)11-18/h5,8-10,13-14H,2-4,6-7,12H2,1H3,(H,19,20). The van der Waals surface area contributed by atoms with Crippen LogP contribution in [0, 0.1) is 17.2 Å². The summed E-state index contributed by atoms with van der Waals surface area (Å²) in [6, 6.07) is 8.94. The van der Waals surface area contributed by atoms with E-state index in [1.54, 1.807) is 31.2 Å². The lowest BCUT2D eigenvalue weighted by Gasteiger charge is -2.23. The van der Waals surface area contributed by atoms with E-state index in [-0.39, 0.29) is 5.91 Å². The fraction of sp³-hybridized carbons (Fsp3) is 0.529. The van der Waals surface area contributed by atoms with Gasteiger partial charge in [-0.3, -0.25) is 4.79 Å². The Morgan fingerprint density at radius 1 is 1.43 bits per heavy atom. The van der Waals surface area contributed by atoms with Gasteiger partial charge in [0, 0.05) is 5.69 Å². The van der Waals surface area contributed by atoms with E-state index < -0.39 is 6.10 Å². The van der Waals surface area contributed by atoms with E-state index in [4.69, 9.17) is 10.00 Å². The van der Waals surface area contributed by atoms with Crippen LogP contribution in [0.25, 0.3) is 0 Å². The molecule has 1 aliphatic rings. The third-order valence-corrected chi connectivity index (χ3v) is 3.94. The van der Waals surface area contributed by atoms with Gasteiger partial charge >= 0.3 is 0 Å². The number of hydrogen-bond acceptors (Lipinski definition) is 3. The number of nitriles is 1. The Labute approximate surface area is 126 Å². The van der Waals surface area contributed by atoms with Crippen LogP contribution in [0.1, 0.15) is 44.6 Å². The molecule has 0 spiro atoms. The summed E-state index contributed by atoms with van der Waals surface area (Å²) in [5.41, 5.74) is 1.16. The minimum absolute atomic E-state index is 0.166. The lowest BCUT2D eigenvalue weighted by molar-refractivity contribution is -0.127. The van der Waals surface area contributed by atoms with Gasteiger partial charge in [-0.2, -0.15) is 5.26 Å². The molecule has 1 aliphatic carbocycles. The van der Waals surface area contributed by atoms with Crippen LogP contribution >= 0.6 is 0 Å². The molecule has 1 aromatic carbocycles. The van der Waals surface area contributed by atoms with E-state index in [0.717, 1.165) is 0 Å². The highest BCUT2D eigenvalue weighted by Gasteiger charge is 2.18. The molecular weight excluding hydrogens is 264 g/mol. The van der Waals surface area contributed by atoms with E-state index in [0.29, 0.717) is 23.8 Å². The molecule has 0 aliphatic heterocycles. The number of carbonyl (C=O) groups is 1. The summed E-state index contributed by atoms with van der Waals surface area (Å²) in [7, 11) is 0. The van der Waals surface area contributed by atoms with E-state index in [2.05, 4.69) is 11.4 Å². The van der Waals surface area contributed by atoms with E-state index in [9.17, 15) is 4.79 Å². The maximum atomic E-state index is 12.1. The molecule has 1 amide bonds. The summed E-state index contributed by atoms with van der Waals surface area (Å²) in [6.45, 7) is 2.43. The van der Waals surface area contributed by atoms with Crippen molar-refractivity contribution in [2.45, 2.75) is 45.1 Å². The second kappa shape index (κ2) is 7.80. The van der Waals surface area contributed by atoms with Gasteiger partial charge in [-0.15, -0.1) is 0 Å². The molecule has 0 aromatic heterocycles. The second-order valence-corrected chi connectivity index (χ2v) is 5.66. The fourth-order valence-corrected chi connectivity index (χ4v) is 2.62. The number of carbonyl (C=O) groups excluding carboxylic acids is 1. The molecule has 4 nitrogen and oxygen atoms in total. The zero-order valence-electron chi connectivity index (χ0n) is 12.5. The molecule has 0 saturated heterocycles. The van der Waals surface area contributed by atoms with Gasteiger partial charge in [0.05, 0.1) is 18.2 Å². The minimum atomic E-state index is -0.474. The third kappa shape index (κ3) is 4.87. The zero-order chi connectivity index (χ0) is 15.1. The van der Waals surface area contributed by atoms with Crippen molar-refractivity contribution in [3.05, 3.63) is 29.8 Å². The number of rotatable bonds is 5. The smallest absolute Gasteiger partial charge is 0.253 e. The van der Waals surface area contributed by atoms with Crippen molar-refractivity contribution in [3.8, 4) is 6.07 Å². The quantitative estimate of drug-likeness (QED) is 0.901. The van der Waals surface area contributed by atoms with Crippen molar-refractivity contribution in [1.29, 1.82) is 5.26 Å². The zero-order valence-corrected chi connectivity index (χ0v) is 12.5. The summed E-state index contributed by atoms with van der Waals surface area (Å²) in [4.78, 5) is 12.1. The average molecular weight is 286 g/mol. The predicted octanol–water partition coefficient (Wildman–Crippen LogP) is 3.48. The molecular formula is C17H22N2O2. The first-order chi connectivity index (χ1) is 10.2. The molecule has 1 aromatic rings. The Morgan fingerprint density at radius 2 is 2.19 bits per heavy atom. The molecule has 2 rings (SSSR count). The molecule has 4 heteroatoms. The lowest BCUT2D eigenvalue weighted by atomic mass is 9.90. The number of ether oxygens (including phenoxy) is 1. The van der Waals surface area contributed by atoms with Crippen LogP contribution < -0.4 is 5.32 Å². The van der Waals surface area contributed by atoms with Gasteiger partial charge in [0.2, 0.25) is 0 Å². The van der Waals surface area contributed by atoms with Gasteiger partial charge in [-0.05, 0) is 43.9 Å². The monoisotopic (exact) mass is 286 g/mol. The number of nitrogens with one attached hydrogen (secondary N) is 1. The Morgan fingerprint density at radius 3 is 2.90 bits per heavy atom. The highest BCUT2D eigenvalue weighted by molar-refractivity contribution is 5.94. The van der Waals surface area contributed by atoms with Crippen molar-refractivity contribution in [1.82, 2.24) is 0 Å². The van der Waals surface area contributed by atoms with Crippen LogP contribution in [0.5, 0.6) is 0 Å². The first kappa shape index (κ1) is 15.5. The van der Waals surface area contributed by atoms with Crippen LogP contribution in [0.15, 0.2) is 24.3 Å². The summed E-state index contributed by atoms with van der Waals surface area (Å²) in [5.74, 6) is 0.428. The Bertz CT molecular complexity index is 516. The SMILES string of the molecule is CC(OCC1CCCCC1)C(=O)Nc1cccc(C#N)c1. The number of anilines is 1. The van der Waals surface area contributed by atoms with Crippen LogP contribution in [0.2, 0.25) is 0 Å². The number of hydrogen-bond donors (Lipinski definition) is 1. The van der Waals surface area contributed by atoms with Crippen LogP contribution in [0.3, 0.4) is 0 Å². The highest BCUT2D eigenvalue weighted by Crippen LogP contribution is 2.24. The van der Waals surface area contributed by atoms with Crippen molar-refractivity contribution in [3.63, 3.8) is 0 Å². The number of benzene rings is 1. The van der Waals surface area contributed by atoms with Crippen LogP contribution in [0.4, 0.5) is 5.69 Å². The molecule has 0 heterocycles. The van der Waals surface area contributed by atoms with Crippen molar-refractivity contribution in [2.75, 3.05) is 11.9 Å². The summed E-state index contributed by atoms with van der Waals surface area (Å²) < 4.78 is 5.69. The normalized spacial score (nSPS) is 17.0. The number of amides is 1. The predicted molar refractivity (Wildman–Crippen MR) is 81.8 cm³/mol. The summed E-state index contributed by atoms with van der Waals surface area (Å²) in [5, 5.41) is 11.6. The Hall–Kier alpha value is -1.86. The van der Waals surface area contributed by atoms with Crippen molar-refractivity contribution < 1.29 is 9.53 Å². The van der Waals surface area contributed by atoms with Crippen LogP contribution in [-0.4, -0.2) is 18.6 Å². The molecule has 1 N–H and O–H groups in total. The molecule has 1 unspecified atom stereocenters. The minimum Gasteiger partial charge on any atom is -0.368 e. The van der Waals surface area contributed by atoms with Gasteiger partial charge < -0.3 is 10.1 Å². The van der Waals surface area contributed by atoms with Gasteiger partial charge in [0.15, 0.2) is 0 Å². The molecule has 21 heavy (non-hydrogen) atoms. The molecule has 1 fully saturated rings. The molecule has 112 valence electrons. The van der Waals surface area contributed by atoms with E-state index in [1.807, 2.05) is 0 Å². The summed E-state index contributed by atoms with van der Waals surface area (Å²) in [6.07, 6.45) is 5.81. The van der Waals surface area contributed by atoms with E-state index >= 15 is 0 Å².